The molecule has 2 heterocycles. The van der Waals surface area contributed by atoms with E-state index in [1.54, 1.807) is 24.5 Å². The van der Waals surface area contributed by atoms with Crippen molar-refractivity contribution in [3.63, 3.8) is 0 Å². The topological polar surface area (TPSA) is 80.0 Å². The minimum absolute atomic E-state index is 0. The molecule has 8 heteroatoms. The van der Waals surface area contributed by atoms with Gasteiger partial charge in [-0.05, 0) is 32.1 Å². The largest absolute Gasteiger partial charge is 0.355 e. The first-order chi connectivity index (χ1) is 9.31. The van der Waals surface area contributed by atoms with Crippen LogP contribution < -0.4 is 10.6 Å². The maximum absolute atomic E-state index is 11.8. The van der Waals surface area contributed by atoms with Gasteiger partial charge >= 0.3 is 0 Å². The van der Waals surface area contributed by atoms with Gasteiger partial charge in [0.1, 0.15) is 0 Å². The van der Waals surface area contributed by atoms with Crippen LogP contribution in [0.5, 0.6) is 0 Å². The van der Waals surface area contributed by atoms with Gasteiger partial charge in [0, 0.05) is 30.6 Å². The number of halogens is 2. The predicted octanol–water partition coefficient (Wildman–Crippen LogP) is 1.92. The van der Waals surface area contributed by atoms with Crippen LogP contribution in [-0.2, 0) is 0 Å². The highest BCUT2D eigenvalue weighted by atomic mass is 35.5. The summed E-state index contributed by atoms with van der Waals surface area (Å²) in [6.45, 7) is 1.47. The third-order valence-corrected chi connectivity index (χ3v) is 2.58. The highest BCUT2D eigenvalue weighted by Crippen LogP contribution is 2.18. The number of nitrogens with zero attached hydrogens (tertiary/aromatic N) is 2. The number of hydrogen-bond donors (Lipinski definition) is 2. The van der Waals surface area contributed by atoms with E-state index in [1.807, 2.05) is 13.1 Å². The van der Waals surface area contributed by atoms with E-state index in [4.69, 9.17) is 4.52 Å². The first kappa shape index (κ1) is 19.4. The van der Waals surface area contributed by atoms with Gasteiger partial charge in [-0.15, -0.1) is 24.8 Å². The average molecular weight is 333 g/mol. The molecule has 0 spiro atoms. The van der Waals surface area contributed by atoms with Gasteiger partial charge in [-0.25, -0.2) is 0 Å². The lowest BCUT2D eigenvalue weighted by Crippen LogP contribution is -2.26. The average Bonchev–Trinajstić information content (AvgIpc) is 2.94. The third-order valence-electron chi connectivity index (χ3n) is 2.58. The molecule has 0 saturated heterocycles. The first-order valence-corrected chi connectivity index (χ1v) is 6.11. The Morgan fingerprint density at radius 1 is 1.33 bits per heavy atom. The van der Waals surface area contributed by atoms with Crippen molar-refractivity contribution < 1.29 is 9.32 Å². The van der Waals surface area contributed by atoms with Gasteiger partial charge in [0.05, 0.1) is 0 Å². The van der Waals surface area contributed by atoms with Crippen LogP contribution in [0.25, 0.3) is 11.3 Å². The predicted molar refractivity (Wildman–Crippen MR) is 85.1 cm³/mol. The van der Waals surface area contributed by atoms with Crippen LogP contribution in [0.2, 0.25) is 0 Å². The number of hydrogen-bond acceptors (Lipinski definition) is 5. The molecule has 0 saturated carbocycles. The molecule has 2 N–H and O–H groups in total. The molecule has 0 radical (unpaired) electrons. The maximum atomic E-state index is 11.8. The molecular weight excluding hydrogens is 315 g/mol. The second-order valence-corrected chi connectivity index (χ2v) is 4.03. The van der Waals surface area contributed by atoms with Gasteiger partial charge < -0.3 is 15.2 Å². The zero-order valence-corrected chi connectivity index (χ0v) is 13.2. The molecular formula is C13H18Cl2N4O2. The Morgan fingerprint density at radius 3 is 2.81 bits per heavy atom. The van der Waals surface area contributed by atoms with E-state index >= 15 is 0 Å². The molecule has 1 amide bonds. The monoisotopic (exact) mass is 332 g/mol. The lowest BCUT2D eigenvalue weighted by Gasteiger charge is -2.01. The van der Waals surface area contributed by atoms with Crippen molar-refractivity contribution in [2.45, 2.75) is 6.42 Å². The van der Waals surface area contributed by atoms with Gasteiger partial charge in [0.25, 0.3) is 5.91 Å². The fourth-order valence-corrected chi connectivity index (χ4v) is 1.58. The fraction of sp³-hybridized carbons (Fsp3) is 0.308. The zero-order valence-electron chi connectivity index (χ0n) is 11.5. The molecule has 2 rings (SSSR count). The van der Waals surface area contributed by atoms with Crippen molar-refractivity contribution in [2.24, 2.45) is 0 Å². The summed E-state index contributed by atoms with van der Waals surface area (Å²) in [6.07, 6.45) is 4.21. The second kappa shape index (κ2) is 10.1. The van der Waals surface area contributed by atoms with E-state index in [0.29, 0.717) is 12.3 Å². The van der Waals surface area contributed by atoms with Crippen LogP contribution >= 0.6 is 24.8 Å². The molecule has 0 aliphatic rings. The van der Waals surface area contributed by atoms with Crippen molar-refractivity contribution in [1.82, 2.24) is 20.8 Å². The summed E-state index contributed by atoms with van der Waals surface area (Å²) in [7, 11) is 1.87. The van der Waals surface area contributed by atoms with E-state index in [0.717, 1.165) is 18.5 Å². The molecule has 116 valence electrons. The summed E-state index contributed by atoms with van der Waals surface area (Å²) in [5.41, 5.74) is 1.08. The molecule has 6 nitrogen and oxygen atoms in total. The molecule has 0 bridgehead atoms. The molecule has 0 fully saturated rings. The van der Waals surface area contributed by atoms with Crippen molar-refractivity contribution in [3.8, 4) is 11.3 Å². The molecule has 0 atom stereocenters. The van der Waals surface area contributed by atoms with Crippen LogP contribution in [0.4, 0.5) is 0 Å². The molecule has 0 aliphatic carbocycles. The normalized spacial score (nSPS) is 9.38. The van der Waals surface area contributed by atoms with Gasteiger partial charge in [0.2, 0.25) is 0 Å². The van der Waals surface area contributed by atoms with E-state index in [2.05, 4.69) is 20.8 Å². The Morgan fingerprint density at radius 2 is 2.14 bits per heavy atom. The first-order valence-electron chi connectivity index (χ1n) is 6.11. The molecule has 2 aromatic heterocycles. The standard InChI is InChI=1S/C13H16N4O2.2ClH/c1-14-5-3-7-16-13(18)11-8-12(19-17-11)10-4-2-6-15-9-10;;/h2,4,6,8-9,14H,3,5,7H2,1H3,(H,16,18);2*1H. The second-order valence-electron chi connectivity index (χ2n) is 4.03. The number of amides is 1. The zero-order chi connectivity index (χ0) is 13.5. The van der Waals surface area contributed by atoms with E-state index in [9.17, 15) is 4.79 Å². The van der Waals surface area contributed by atoms with Crippen molar-refractivity contribution in [2.75, 3.05) is 20.1 Å². The van der Waals surface area contributed by atoms with Gasteiger partial charge in [-0.3, -0.25) is 9.78 Å². The summed E-state index contributed by atoms with van der Waals surface area (Å²) < 4.78 is 5.14. The molecule has 21 heavy (non-hydrogen) atoms. The molecule has 0 aliphatic heterocycles. The Kier molecular flexibility index (Phi) is 9.36. The smallest absolute Gasteiger partial charge is 0.273 e. The number of carbonyl (C=O) groups is 1. The van der Waals surface area contributed by atoms with Crippen molar-refractivity contribution in [1.29, 1.82) is 0 Å². The number of aromatic nitrogens is 2. The van der Waals surface area contributed by atoms with Crippen molar-refractivity contribution in [3.05, 3.63) is 36.3 Å². The quantitative estimate of drug-likeness (QED) is 0.790. The minimum Gasteiger partial charge on any atom is -0.355 e. The Bertz CT molecular complexity index is 534. The highest BCUT2D eigenvalue weighted by molar-refractivity contribution is 5.93. The highest BCUT2D eigenvalue weighted by Gasteiger charge is 2.12. The maximum Gasteiger partial charge on any atom is 0.273 e. The lowest BCUT2D eigenvalue weighted by molar-refractivity contribution is 0.0944. The Balaban J connectivity index is 0.00000200. The number of carbonyl (C=O) groups excluding carboxylic acids is 1. The van der Waals surface area contributed by atoms with Crippen LogP contribution in [0.1, 0.15) is 16.9 Å². The Hall–Kier alpha value is -1.63. The van der Waals surface area contributed by atoms with E-state index in [-0.39, 0.29) is 36.4 Å². The number of pyridine rings is 1. The summed E-state index contributed by atoms with van der Waals surface area (Å²) in [6, 6.07) is 5.27. The third kappa shape index (κ3) is 5.71. The molecule has 0 unspecified atom stereocenters. The summed E-state index contributed by atoms with van der Waals surface area (Å²) >= 11 is 0. The number of nitrogens with one attached hydrogen (secondary N) is 2. The Labute approximate surface area is 135 Å². The molecule has 2 aromatic rings. The minimum atomic E-state index is -0.227. The van der Waals surface area contributed by atoms with E-state index < -0.39 is 0 Å². The van der Waals surface area contributed by atoms with Gasteiger partial charge in [-0.2, -0.15) is 0 Å². The van der Waals surface area contributed by atoms with E-state index in [1.165, 1.54) is 0 Å². The molecule has 0 aromatic carbocycles. The lowest BCUT2D eigenvalue weighted by atomic mass is 10.2. The van der Waals surface area contributed by atoms with Crippen molar-refractivity contribution >= 4 is 30.7 Å². The van der Waals surface area contributed by atoms with Crippen LogP contribution in [0.15, 0.2) is 35.1 Å². The van der Waals surface area contributed by atoms with Crippen LogP contribution in [-0.4, -0.2) is 36.2 Å². The van der Waals surface area contributed by atoms with Gasteiger partial charge in [-0.1, -0.05) is 5.16 Å². The van der Waals surface area contributed by atoms with Crippen LogP contribution in [0, 0.1) is 0 Å². The summed E-state index contributed by atoms with van der Waals surface area (Å²) in [5, 5.41) is 9.56. The van der Waals surface area contributed by atoms with Crippen LogP contribution in [0.3, 0.4) is 0 Å². The SMILES string of the molecule is CNCCCNC(=O)c1cc(-c2cccnc2)on1.Cl.Cl. The van der Waals surface area contributed by atoms with Gasteiger partial charge in [0.15, 0.2) is 11.5 Å². The summed E-state index contributed by atoms with van der Waals surface area (Å²) in [4.78, 5) is 15.8. The summed E-state index contributed by atoms with van der Waals surface area (Å²) in [5.74, 6) is 0.309. The number of rotatable bonds is 6. The fourth-order valence-electron chi connectivity index (χ4n) is 1.58.